The van der Waals surface area contributed by atoms with Gasteiger partial charge in [0.1, 0.15) is 5.75 Å². The van der Waals surface area contributed by atoms with Gasteiger partial charge in [-0.3, -0.25) is 4.90 Å². The summed E-state index contributed by atoms with van der Waals surface area (Å²) in [7, 11) is 2.23. The molecule has 1 aromatic rings. The molecule has 2 unspecified atom stereocenters. The lowest BCUT2D eigenvalue weighted by atomic mass is 9.91. The summed E-state index contributed by atoms with van der Waals surface area (Å²) in [6, 6.07) is 7.77. The summed E-state index contributed by atoms with van der Waals surface area (Å²) in [5.41, 5.74) is 4.44. The number of aryl methyl sites for hydroxylation is 1. The number of ether oxygens (including phenoxy) is 2. The van der Waals surface area contributed by atoms with E-state index < -0.39 is 0 Å². The van der Waals surface area contributed by atoms with Crippen LogP contribution in [0, 0.1) is 0 Å². The van der Waals surface area contributed by atoms with E-state index in [9.17, 15) is 0 Å². The van der Waals surface area contributed by atoms with Crippen LogP contribution in [0.3, 0.4) is 0 Å². The Morgan fingerprint density at radius 1 is 1.24 bits per heavy atom. The lowest BCUT2D eigenvalue weighted by molar-refractivity contribution is -0.0261. The van der Waals surface area contributed by atoms with E-state index in [1.54, 1.807) is 5.57 Å². The first kappa shape index (κ1) is 13.4. The van der Waals surface area contributed by atoms with Crippen LogP contribution in [-0.4, -0.2) is 43.9 Å². The van der Waals surface area contributed by atoms with Gasteiger partial charge in [-0.1, -0.05) is 23.8 Å². The van der Waals surface area contributed by atoms with Crippen LogP contribution in [0.25, 0.3) is 0 Å². The van der Waals surface area contributed by atoms with Crippen molar-refractivity contribution in [2.75, 3.05) is 26.9 Å². The first-order chi connectivity index (χ1) is 10.3. The second kappa shape index (κ2) is 5.47. The summed E-state index contributed by atoms with van der Waals surface area (Å²) in [5.74, 6) is 1.09. The number of benzene rings is 1. The van der Waals surface area contributed by atoms with Crippen LogP contribution in [0.15, 0.2) is 29.8 Å². The quantitative estimate of drug-likeness (QED) is 0.797. The van der Waals surface area contributed by atoms with Crippen molar-refractivity contribution in [3.8, 4) is 5.75 Å². The highest BCUT2D eigenvalue weighted by atomic mass is 16.5. The number of nitrogens with zero attached hydrogens (tertiary/aromatic N) is 1. The maximum atomic E-state index is 5.67. The van der Waals surface area contributed by atoms with Gasteiger partial charge >= 0.3 is 0 Å². The molecule has 4 rings (SSSR count). The smallest absolute Gasteiger partial charge is 0.122 e. The van der Waals surface area contributed by atoms with Crippen molar-refractivity contribution in [1.29, 1.82) is 0 Å². The molecule has 3 heterocycles. The molecule has 1 fully saturated rings. The summed E-state index contributed by atoms with van der Waals surface area (Å²) < 4.78 is 11.2. The van der Waals surface area contributed by atoms with Crippen LogP contribution in [0.1, 0.15) is 24.0 Å². The Kier molecular flexibility index (Phi) is 3.48. The molecule has 2 atom stereocenters. The van der Waals surface area contributed by atoms with Crippen LogP contribution < -0.4 is 4.74 Å². The largest absolute Gasteiger partial charge is 0.493 e. The molecule has 1 saturated heterocycles. The zero-order valence-corrected chi connectivity index (χ0v) is 12.7. The van der Waals surface area contributed by atoms with Gasteiger partial charge in [0.25, 0.3) is 0 Å². The summed E-state index contributed by atoms with van der Waals surface area (Å²) >= 11 is 0. The van der Waals surface area contributed by atoms with E-state index in [0.717, 1.165) is 38.4 Å². The fourth-order valence-corrected chi connectivity index (χ4v) is 3.73. The number of likely N-dealkylation sites (N-methyl/N-ethyl adjacent to an activating group) is 1. The Labute approximate surface area is 126 Å². The zero-order chi connectivity index (χ0) is 14.2. The maximum Gasteiger partial charge on any atom is 0.122 e. The lowest BCUT2D eigenvalue weighted by Crippen LogP contribution is -2.51. The molecule has 0 saturated carbocycles. The predicted octanol–water partition coefficient (Wildman–Crippen LogP) is 2.58. The third-order valence-corrected chi connectivity index (χ3v) is 5.11. The molecule has 0 aliphatic carbocycles. The van der Waals surface area contributed by atoms with Gasteiger partial charge < -0.3 is 9.47 Å². The number of morpholine rings is 1. The molecule has 0 spiro atoms. The minimum atomic E-state index is 0.487. The van der Waals surface area contributed by atoms with Gasteiger partial charge in [-0.25, -0.2) is 0 Å². The lowest BCUT2D eigenvalue weighted by Gasteiger charge is -2.42. The molecule has 2 bridgehead atoms. The van der Waals surface area contributed by atoms with E-state index in [1.807, 2.05) is 0 Å². The third kappa shape index (κ3) is 2.60. The Morgan fingerprint density at radius 2 is 2.19 bits per heavy atom. The zero-order valence-electron chi connectivity index (χ0n) is 12.7. The van der Waals surface area contributed by atoms with Crippen molar-refractivity contribution in [3.05, 3.63) is 41.0 Å². The summed E-state index contributed by atoms with van der Waals surface area (Å²) in [6.07, 6.45) is 6.99. The van der Waals surface area contributed by atoms with Gasteiger partial charge in [-0.05, 0) is 43.5 Å². The standard InChI is InChI=1S/C18H23NO2/c1-19-16-9-14(10-17(19)12-20-11-16)3-2-13-4-5-18-15(8-13)6-7-21-18/h4-5,8-9,16-17H,2-3,6-7,10-12H2,1H3. The molecule has 3 nitrogen and oxygen atoms in total. The SMILES string of the molecule is CN1C2C=C(CCc3ccc4c(c3)CCO4)CC1COC2. The molecule has 0 amide bonds. The minimum Gasteiger partial charge on any atom is -0.493 e. The third-order valence-electron chi connectivity index (χ3n) is 5.11. The Morgan fingerprint density at radius 3 is 3.10 bits per heavy atom. The normalized spacial score (nSPS) is 28.0. The molecule has 1 aromatic carbocycles. The van der Waals surface area contributed by atoms with Crippen molar-refractivity contribution in [2.45, 2.75) is 37.8 Å². The fraction of sp³-hybridized carbons (Fsp3) is 0.556. The van der Waals surface area contributed by atoms with Gasteiger partial charge in [-0.2, -0.15) is 0 Å². The van der Waals surface area contributed by atoms with Gasteiger partial charge in [0, 0.05) is 12.5 Å². The molecular formula is C18H23NO2. The first-order valence-electron chi connectivity index (χ1n) is 8.03. The average Bonchev–Trinajstić information content (AvgIpc) is 2.93. The molecule has 21 heavy (non-hydrogen) atoms. The molecule has 112 valence electrons. The molecule has 3 aliphatic rings. The topological polar surface area (TPSA) is 21.7 Å². The maximum absolute atomic E-state index is 5.67. The molecule has 0 N–H and O–H groups in total. The van der Waals surface area contributed by atoms with E-state index in [4.69, 9.17) is 9.47 Å². The predicted molar refractivity (Wildman–Crippen MR) is 82.8 cm³/mol. The van der Waals surface area contributed by atoms with Crippen molar-refractivity contribution < 1.29 is 9.47 Å². The number of fused-ring (bicyclic) bond motifs is 3. The Bertz CT molecular complexity index is 566. The minimum absolute atomic E-state index is 0.487. The Hall–Kier alpha value is -1.32. The van der Waals surface area contributed by atoms with Gasteiger partial charge in [-0.15, -0.1) is 0 Å². The van der Waals surface area contributed by atoms with Crippen LogP contribution >= 0.6 is 0 Å². The monoisotopic (exact) mass is 285 g/mol. The fourth-order valence-electron chi connectivity index (χ4n) is 3.73. The molecule has 3 aliphatic heterocycles. The highest BCUT2D eigenvalue weighted by Crippen LogP contribution is 2.30. The van der Waals surface area contributed by atoms with Crippen LogP contribution in [0.5, 0.6) is 5.75 Å². The van der Waals surface area contributed by atoms with Crippen molar-refractivity contribution in [3.63, 3.8) is 0 Å². The highest BCUT2D eigenvalue weighted by Gasteiger charge is 2.31. The van der Waals surface area contributed by atoms with Gasteiger partial charge in [0.2, 0.25) is 0 Å². The Balaban J connectivity index is 1.43. The number of hydrogen-bond acceptors (Lipinski definition) is 3. The van der Waals surface area contributed by atoms with Crippen LogP contribution in [0.2, 0.25) is 0 Å². The van der Waals surface area contributed by atoms with E-state index in [-0.39, 0.29) is 0 Å². The summed E-state index contributed by atoms with van der Waals surface area (Å²) in [6.45, 7) is 2.59. The van der Waals surface area contributed by atoms with E-state index in [2.05, 4.69) is 36.2 Å². The second-order valence-corrected chi connectivity index (χ2v) is 6.49. The summed E-state index contributed by atoms with van der Waals surface area (Å²) in [4.78, 5) is 2.47. The number of rotatable bonds is 3. The van der Waals surface area contributed by atoms with Crippen molar-refractivity contribution >= 4 is 0 Å². The average molecular weight is 285 g/mol. The van der Waals surface area contributed by atoms with E-state index in [1.165, 1.54) is 24.0 Å². The van der Waals surface area contributed by atoms with E-state index >= 15 is 0 Å². The van der Waals surface area contributed by atoms with Crippen molar-refractivity contribution in [2.24, 2.45) is 0 Å². The molecule has 0 radical (unpaired) electrons. The second-order valence-electron chi connectivity index (χ2n) is 6.49. The summed E-state index contributed by atoms with van der Waals surface area (Å²) in [5, 5.41) is 0. The van der Waals surface area contributed by atoms with Crippen LogP contribution in [-0.2, 0) is 17.6 Å². The molecular weight excluding hydrogens is 262 g/mol. The first-order valence-corrected chi connectivity index (χ1v) is 8.03. The van der Waals surface area contributed by atoms with Crippen LogP contribution in [0.4, 0.5) is 0 Å². The number of hydrogen-bond donors (Lipinski definition) is 0. The van der Waals surface area contributed by atoms with E-state index in [0.29, 0.717) is 12.1 Å². The van der Waals surface area contributed by atoms with Crippen molar-refractivity contribution in [1.82, 2.24) is 4.90 Å². The molecule has 3 heteroatoms. The molecule has 0 aromatic heterocycles. The highest BCUT2D eigenvalue weighted by molar-refractivity contribution is 5.40. The van der Waals surface area contributed by atoms with Gasteiger partial charge in [0.05, 0.1) is 25.9 Å². The van der Waals surface area contributed by atoms with Gasteiger partial charge in [0.15, 0.2) is 0 Å².